The lowest BCUT2D eigenvalue weighted by Gasteiger charge is -2.21. The molecule has 0 atom stereocenters. The van der Waals surface area contributed by atoms with Crippen molar-refractivity contribution >= 4 is 0 Å². The molecule has 0 aliphatic carbocycles. The van der Waals surface area contributed by atoms with Gasteiger partial charge in [0.15, 0.2) is 0 Å². The first kappa shape index (κ1) is 11.3. The summed E-state index contributed by atoms with van der Waals surface area (Å²) >= 11 is 0. The van der Waals surface area contributed by atoms with Gasteiger partial charge >= 0.3 is 0 Å². The lowest BCUT2D eigenvalue weighted by atomic mass is 10.1. The third-order valence-electron chi connectivity index (χ3n) is 4.17. The number of nitrogens with zero attached hydrogens (tertiary/aromatic N) is 3. The molecule has 3 rings (SSSR count). The third kappa shape index (κ3) is 2.54. The number of fused-ring (bicyclic) bond motifs is 1. The largest absolute Gasteiger partial charge is 0.334 e. The van der Waals surface area contributed by atoms with Crippen LogP contribution in [0.15, 0.2) is 6.33 Å². The number of aromatic nitrogens is 2. The molecule has 3 nitrogen and oxygen atoms in total. The Balaban J connectivity index is 1.69. The van der Waals surface area contributed by atoms with Crippen LogP contribution in [0.5, 0.6) is 0 Å². The van der Waals surface area contributed by atoms with Crippen molar-refractivity contribution in [3.63, 3.8) is 0 Å². The summed E-state index contributed by atoms with van der Waals surface area (Å²) in [4.78, 5) is 7.25. The first-order valence-corrected chi connectivity index (χ1v) is 7.19. The Bertz CT molecular complexity index is 362. The summed E-state index contributed by atoms with van der Waals surface area (Å²) in [5.41, 5.74) is 2.87. The Morgan fingerprint density at radius 3 is 2.53 bits per heavy atom. The average molecular weight is 233 g/mol. The zero-order valence-electron chi connectivity index (χ0n) is 10.7. The van der Waals surface area contributed by atoms with E-state index < -0.39 is 0 Å². The molecular weight excluding hydrogens is 210 g/mol. The predicted octanol–water partition coefficient (Wildman–Crippen LogP) is 2.60. The van der Waals surface area contributed by atoms with Crippen molar-refractivity contribution in [3.05, 3.63) is 17.7 Å². The summed E-state index contributed by atoms with van der Waals surface area (Å²) in [6, 6.07) is 0. The van der Waals surface area contributed by atoms with E-state index in [0.717, 1.165) is 6.54 Å². The fourth-order valence-electron chi connectivity index (χ4n) is 3.14. The molecule has 0 bridgehead atoms. The molecule has 1 fully saturated rings. The average Bonchev–Trinajstić information content (AvgIpc) is 2.59. The van der Waals surface area contributed by atoms with E-state index in [1.807, 2.05) is 0 Å². The van der Waals surface area contributed by atoms with Gasteiger partial charge in [0.2, 0.25) is 0 Å². The number of hydrogen-bond acceptors (Lipinski definition) is 2. The van der Waals surface area contributed by atoms with Crippen molar-refractivity contribution in [3.8, 4) is 0 Å². The topological polar surface area (TPSA) is 21.1 Å². The van der Waals surface area contributed by atoms with E-state index in [1.165, 1.54) is 76.0 Å². The molecule has 0 aromatic carbocycles. The monoisotopic (exact) mass is 233 g/mol. The van der Waals surface area contributed by atoms with Crippen LogP contribution >= 0.6 is 0 Å². The highest BCUT2D eigenvalue weighted by atomic mass is 15.1. The smallest absolute Gasteiger partial charge is 0.0952 e. The Hall–Kier alpha value is -0.830. The van der Waals surface area contributed by atoms with Gasteiger partial charge in [0.1, 0.15) is 0 Å². The molecule has 0 spiro atoms. The fourth-order valence-corrected chi connectivity index (χ4v) is 3.14. The Morgan fingerprint density at radius 2 is 1.71 bits per heavy atom. The van der Waals surface area contributed by atoms with Gasteiger partial charge in [-0.05, 0) is 45.2 Å². The third-order valence-corrected chi connectivity index (χ3v) is 4.17. The number of aryl methyl sites for hydroxylation is 1. The molecule has 0 radical (unpaired) electrons. The maximum atomic E-state index is 4.64. The summed E-state index contributed by atoms with van der Waals surface area (Å²) in [7, 11) is 0. The second-order valence-corrected chi connectivity index (χ2v) is 5.48. The lowest BCUT2D eigenvalue weighted by Crippen LogP contribution is -2.25. The molecule has 0 unspecified atom stereocenters. The van der Waals surface area contributed by atoms with E-state index in [1.54, 1.807) is 0 Å². The molecule has 1 aromatic heterocycles. The predicted molar refractivity (Wildman–Crippen MR) is 68.9 cm³/mol. The quantitative estimate of drug-likeness (QED) is 0.783. The summed E-state index contributed by atoms with van der Waals surface area (Å²) in [5, 5.41) is 0. The maximum Gasteiger partial charge on any atom is 0.0952 e. The molecule has 17 heavy (non-hydrogen) atoms. The first-order valence-electron chi connectivity index (χ1n) is 7.19. The second kappa shape index (κ2) is 5.21. The van der Waals surface area contributed by atoms with Crippen molar-refractivity contribution in [1.82, 2.24) is 14.5 Å². The SMILES string of the molecule is c1nc(CN2CCCCCC2)c2n1CCCC2. The molecule has 1 saturated heterocycles. The molecule has 94 valence electrons. The number of hydrogen-bond donors (Lipinski definition) is 0. The van der Waals surface area contributed by atoms with Gasteiger partial charge in [-0.25, -0.2) is 4.98 Å². The molecule has 0 amide bonds. The normalized spacial score (nSPS) is 22.1. The van der Waals surface area contributed by atoms with Gasteiger partial charge in [0.05, 0.1) is 12.0 Å². The zero-order chi connectivity index (χ0) is 11.5. The van der Waals surface area contributed by atoms with Crippen LogP contribution < -0.4 is 0 Å². The maximum absolute atomic E-state index is 4.64. The van der Waals surface area contributed by atoms with Crippen LogP contribution in [0, 0.1) is 0 Å². The van der Waals surface area contributed by atoms with Crippen molar-refractivity contribution in [1.29, 1.82) is 0 Å². The van der Waals surface area contributed by atoms with Gasteiger partial charge in [-0.2, -0.15) is 0 Å². The van der Waals surface area contributed by atoms with Gasteiger partial charge in [0.25, 0.3) is 0 Å². The van der Waals surface area contributed by atoms with E-state index in [0.29, 0.717) is 0 Å². The van der Waals surface area contributed by atoms with Crippen LogP contribution in [-0.4, -0.2) is 27.5 Å². The highest BCUT2D eigenvalue weighted by Crippen LogP contribution is 2.20. The number of likely N-dealkylation sites (tertiary alicyclic amines) is 1. The standard InChI is InChI=1S/C14H23N3/c1-2-5-9-16(8-4-1)11-13-14-7-3-6-10-17(14)12-15-13/h12H,1-11H2. The molecular formula is C14H23N3. The first-order chi connectivity index (χ1) is 8.43. The number of rotatable bonds is 2. The molecule has 0 N–H and O–H groups in total. The summed E-state index contributed by atoms with van der Waals surface area (Å²) in [5.74, 6) is 0. The fraction of sp³-hybridized carbons (Fsp3) is 0.786. The second-order valence-electron chi connectivity index (χ2n) is 5.48. The Morgan fingerprint density at radius 1 is 0.941 bits per heavy atom. The van der Waals surface area contributed by atoms with Gasteiger partial charge in [-0.15, -0.1) is 0 Å². The Kier molecular flexibility index (Phi) is 3.46. The van der Waals surface area contributed by atoms with Crippen molar-refractivity contribution in [2.75, 3.05) is 13.1 Å². The van der Waals surface area contributed by atoms with Crippen LogP contribution in [0.1, 0.15) is 49.9 Å². The van der Waals surface area contributed by atoms with Crippen LogP contribution in [0.25, 0.3) is 0 Å². The molecule has 2 aliphatic heterocycles. The molecule has 3 heterocycles. The lowest BCUT2D eigenvalue weighted by molar-refractivity contribution is 0.272. The Labute approximate surface area is 104 Å². The van der Waals surface area contributed by atoms with Crippen molar-refractivity contribution in [2.24, 2.45) is 0 Å². The minimum Gasteiger partial charge on any atom is -0.334 e. The highest BCUT2D eigenvalue weighted by molar-refractivity contribution is 5.15. The van der Waals surface area contributed by atoms with E-state index in [9.17, 15) is 0 Å². The highest BCUT2D eigenvalue weighted by Gasteiger charge is 2.17. The van der Waals surface area contributed by atoms with Crippen LogP contribution in [-0.2, 0) is 19.5 Å². The van der Waals surface area contributed by atoms with Gasteiger partial charge in [0, 0.05) is 18.8 Å². The van der Waals surface area contributed by atoms with Crippen LogP contribution in [0.4, 0.5) is 0 Å². The van der Waals surface area contributed by atoms with E-state index in [-0.39, 0.29) is 0 Å². The molecule has 2 aliphatic rings. The van der Waals surface area contributed by atoms with E-state index in [4.69, 9.17) is 0 Å². The van der Waals surface area contributed by atoms with Crippen LogP contribution in [0.3, 0.4) is 0 Å². The van der Waals surface area contributed by atoms with Crippen LogP contribution in [0.2, 0.25) is 0 Å². The number of imidazole rings is 1. The summed E-state index contributed by atoms with van der Waals surface area (Å²) in [6.45, 7) is 4.81. The minimum absolute atomic E-state index is 1.09. The van der Waals surface area contributed by atoms with E-state index >= 15 is 0 Å². The zero-order valence-corrected chi connectivity index (χ0v) is 10.7. The molecule has 1 aromatic rings. The molecule has 3 heteroatoms. The van der Waals surface area contributed by atoms with Gasteiger partial charge < -0.3 is 4.57 Å². The van der Waals surface area contributed by atoms with Gasteiger partial charge in [-0.3, -0.25) is 4.90 Å². The summed E-state index contributed by atoms with van der Waals surface area (Å²) in [6.07, 6.45) is 11.5. The van der Waals surface area contributed by atoms with Crippen molar-refractivity contribution in [2.45, 2.75) is 58.0 Å². The molecule has 0 saturated carbocycles. The van der Waals surface area contributed by atoms with Gasteiger partial charge in [-0.1, -0.05) is 12.8 Å². The minimum atomic E-state index is 1.09. The summed E-state index contributed by atoms with van der Waals surface area (Å²) < 4.78 is 2.37. The van der Waals surface area contributed by atoms with Crippen molar-refractivity contribution < 1.29 is 0 Å². The van der Waals surface area contributed by atoms with E-state index in [2.05, 4.69) is 20.8 Å².